The van der Waals surface area contributed by atoms with Crippen molar-refractivity contribution in [2.75, 3.05) is 13.2 Å². The van der Waals surface area contributed by atoms with Crippen LogP contribution >= 0.6 is 0 Å². The minimum Gasteiger partial charge on any atom is -0.466 e. The first-order chi connectivity index (χ1) is 10.1. The number of esters is 1. The van der Waals surface area contributed by atoms with Gasteiger partial charge in [-0.25, -0.2) is 8.78 Å². The van der Waals surface area contributed by atoms with Crippen LogP contribution in [0.15, 0.2) is 18.2 Å². The second kappa shape index (κ2) is 9.45. The first-order valence-electron chi connectivity index (χ1n) is 7.39. The Labute approximate surface area is 124 Å². The Morgan fingerprint density at radius 2 is 2.10 bits per heavy atom. The highest BCUT2D eigenvalue weighted by Gasteiger charge is 2.17. The van der Waals surface area contributed by atoms with Crippen molar-refractivity contribution in [2.45, 2.75) is 45.6 Å². The topological polar surface area (TPSA) is 38.3 Å². The summed E-state index contributed by atoms with van der Waals surface area (Å²) in [7, 11) is 0. The lowest BCUT2D eigenvalue weighted by Gasteiger charge is -2.18. The summed E-state index contributed by atoms with van der Waals surface area (Å²) in [5, 5.41) is 3.22. The molecule has 0 saturated heterocycles. The summed E-state index contributed by atoms with van der Waals surface area (Å²) in [5.41, 5.74) is 0.272. The van der Waals surface area contributed by atoms with Crippen molar-refractivity contribution in [3.05, 3.63) is 35.4 Å². The first-order valence-corrected chi connectivity index (χ1v) is 7.39. The molecule has 0 spiro atoms. The number of benzene rings is 1. The van der Waals surface area contributed by atoms with Crippen LogP contribution in [-0.4, -0.2) is 25.2 Å². The van der Waals surface area contributed by atoms with Gasteiger partial charge in [-0.1, -0.05) is 13.3 Å². The van der Waals surface area contributed by atoms with Crippen molar-refractivity contribution >= 4 is 5.97 Å². The number of hydrogen-bond acceptors (Lipinski definition) is 3. The molecule has 5 heteroatoms. The third-order valence-corrected chi connectivity index (χ3v) is 3.16. The van der Waals surface area contributed by atoms with Gasteiger partial charge in [0.25, 0.3) is 0 Å². The van der Waals surface area contributed by atoms with Crippen LogP contribution in [0, 0.1) is 11.6 Å². The molecule has 1 aromatic carbocycles. The molecule has 0 saturated carbocycles. The molecule has 1 aromatic rings. The van der Waals surface area contributed by atoms with Crippen molar-refractivity contribution in [2.24, 2.45) is 0 Å². The van der Waals surface area contributed by atoms with E-state index < -0.39 is 11.6 Å². The third-order valence-electron chi connectivity index (χ3n) is 3.16. The number of unbranched alkanes of at least 4 members (excludes halogenated alkanes) is 1. The van der Waals surface area contributed by atoms with Crippen LogP contribution in [0.4, 0.5) is 8.78 Å². The smallest absolute Gasteiger partial charge is 0.307 e. The number of rotatable bonds is 9. The second-order valence-electron chi connectivity index (χ2n) is 4.95. The van der Waals surface area contributed by atoms with Crippen LogP contribution in [0.2, 0.25) is 0 Å². The molecule has 0 heterocycles. The van der Waals surface area contributed by atoms with Crippen molar-refractivity contribution in [3.8, 4) is 0 Å². The lowest BCUT2D eigenvalue weighted by atomic mass is 10.0. The van der Waals surface area contributed by atoms with Gasteiger partial charge in [0.05, 0.1) is 13.0 Å². The molecule has 0 bridgehead atoms. The lowest BCUT2D eigenvalue weighted by molar-refractivity contribution is -0.143. The van der Waals surface area contributed by atoms with Crippen LogP contribution in [0.1, 0.15) is 38.7 Å². The summed E-state index contributed by atoms with van der Waals surface area (Å²) >= 11 is 0. The molecule has 0 aliphatic carbocycles. The summed E-state index contributed by atoms with van der Waals surface area (Å²) < 4.78 is 31.8. The van der Waals surface area contributed by atoms with Gasteiger partial charge in [0.15, 0.2) is 0 Å². The summed E-state index contributed by atoms with van der Waals surface area (Å²) in [6, 6.07) is 3.11. The maximum absolute atomic E-state index is 13.7. The van der Waals surface area contributed by atoms with E-state index in [4.69, 9.17) is 4.74 Å². The number of ether oxygens (including phenoxy) is 1. The summed E-state index contributed by atoms with van der Waals surface area (Å²) in [6.07, 6.45) is 2.39. The van der Waals surface area contributed by atoms with E-state index in [-0.39, 0.29) is 30.4 Å². The molecule has 3 nitrogen and oxygen atoms in total. The van der Waals surface area contributed by atoms with Gasteiger partial charge in [0.1, 0.15) is 11.6 Å². The Morgan fingerprint density at radius 1 is 1.33 bits per heavy atom. The van der Waals surface area contributed by atoms with Crippen molar-refractivity contribution in [3.63, 3.8) is 0 Å². The molecule has 1 unspecified atom stereocenters. The van der Waals surface area contributed by atoms with Crippen LogP contribution in [0.3, 0.4) is 0 Å². The molecule has 118 valence electrons. The van der Waals surface area contributed by atoms with E-state index in [0.29, 0.717) is 6.61 Å². The Morgan fingerprint density at radius 3 is 2.76 bits per heavy atom. The van der Waals surface area contributed by atoms with Crippen LogP contribution in [0.5, 0.6) is 0 Å². The van der Waals surface area contributed by atoms with Gasteiger partial charge in [0.2, 0.25) is 0 Å². The zero-order chi connectivity index (χ0) is 15.7. The van der Waals surface area contributed by atoms with Crippen LogP contribution in [-0.2, 0) is 16.0 Å². The molecule has 0 amide bonds. The molecule has 1 atom stereocenters. The van der Waals surface area contributed by atoms with Gasteiger partial charge in [-0.3, -0.25) is 4.79 Å². The Kier molecular flexibility index (Phi) is 7.90. The van der Waals surface area contributed by atoms with Gasteiger partial charge in [-0.05, 0) is 50.1 Å². The maximum atomic E-state index is 13.7. The van der Waals surface area contributed by atoms with E-state index in [1.807, 2.05) is 0 Å². The summed E-state index contributed by atoms with van der Waals surface area (Å²) in [6.45, 7) is 4.85. The third kappa shape index (κ3) is 6.67. The predicted molar refractivity (Wildman–Crippen MR) is 78.0 cm³/mol. The molecule has 0 aliphatic rings. The normalized spacial score (nSPS) is 12.2. The van der Waals surface area contributed by atoms with Crippen molar-refractivity contribution in [1.82, 2.24) is 5.32 Å². The summed E-state index contributed by atoms with van der Waals surface area (Å²) in [4.78, 5) is 11.6. The molecule has 21 heavy (non-hydrogen) atoms. The van der Waals surface area contributed by atoms with Crippen molar-refractivity contribution < 1.29 is 18.3 Å². The molecule has 1 N–H and O–H groups in total. The Hall–Kier alpha value is -1.49. The second-order valence-corrected chi connectivity index (χ2v) is 4.95. The maximum Gasteiger partial charge on any atom is 0.307 e. The quantitative estimate of drug-likeness (QED) is 0.562. The van der Waals surface area contributed by atoms with Gasteiger partial charge >= 0.3 is 5.97 Å². The minimum atomic E-state index is -0.477. The number of halogens is 2. The first kappa shape index (κ1) is 17.6. The highest BCUT2D eigenvalue weighted by molar-refractivity contribution is 5.70. The molecule has 1 rings (SSSR count). The number of carbonyl (C=O) groups is 1. The van der Waals surface area contributed by atoms with Gasteiger partial charge in [-0.15, -0.1) is 0 Å². The molecule has 0 radical (unpaired) electrons. The molecule has 0 aromatic heterocycles. The monoisotopic (exact) mass is 299 g/mol. The van der Waals surface area contributed by atoms with Gasteiger partial charge < -0.3 is 10.1 Å². The zero-order valence-electron chi connectivity index (χ0n) is 12.6. The Bertz CT molecular complexity index is 452. The van der Waals surface area contributed by atoms with Gasteiger partial charge in [0, 0.05) is 6.04 Å². The average molecular weight is 299 g/mol. The lowest BCUT2D eigenvalue weighted by Crippen LogP contribution is -2.35. The largest absolute Gasteiger partial charge is 0.466 e. The van der Waals surface area contributed by atoms with Crippen molar-refractivity contribution in [1.29, 1.82) is 0 Å². The highest BCUT2D eigenvalue weighted by atomic mass is 19.1. The Balaban J connectivity index is 2.70. The molecular formula is C16H23F2NO2. The fraction of sp³-hybridized carbons (Fsp3) is 0.562. The number of nitrogens with one attached hydrogen (secondary N) is 1. The summed E-state index contributed by atoms with van der Waals surface area (Å²) in [5.74, 6) is -1.26. The SMILES string of the molecule is CCCCNC(CC(=O)OCC)Cc1cc(F)ccc1F. The van der Waals surface area contributed by atoms with E-state index in [9.17, 15) is 13.6 Å². The average Bonchev–Trinajstić information content (AvgIpc) is 2.43. The predicted octanol–water partition coefficient (Wildman–Crippen LogP) is 3.22. The van der Waals surface area contributed by atoms with E-state index in [1.165, 1.54) is 6.07 Å². The van der Waals surface area contributed by atoms with Gasteiger partial charge in [-0.2, -0.15) is 0 Å². The zero-order valence-corrected chi connectivity index (χ0v) is 12.6. The van der Waals surface area contributed by atoms with Crippen LogP contribution in [0.25, 0.3) is 0 Å². The fourth-order valence-electron chi connectivity index (χ4n) is 2.09. The molecule has 0 aliphatic heterocycles. The highest BCUT2D eigenvalue weighted by Crippen LogP contribution is 2.13. The standard InChI is InChI=1S/C16H23F2NO2/c1-3-5-8-19-14(11-16(20)21-4-2)10-12-9-13(17)6-7-15(12)18/h6-7,9,14,19H,3-5,8,10-11H2,1-2H3. The number of carbonyl (C=O) groups excluding carboxylic acids is 1. The van der Waals surface area contributed by atoms with Crippen LogP contribution < -0.4 is 5.32 Å². The van der Waals surface area contributed by atoms with E-state index in [0.717, 1.165) is 31.5 Å². The number of hydrogen-bond donors (Lipinski definition) is 1. The minimum absolute atomic E-state index is 0.146. The fourth-order valence-corrected chi connectivity index (χ4v) is 2.09. The van der Waals surface area contributed by atoms with E-state index in [2.05, 4.69) is 12.2 Å². The van der Waals surface area contributed by atoms with E-state index in [1.54, 1.807) is 6.92 Å². The molecule has 0 fully saturated rings. The molecular weight excluding hydrogens is 276 g/mol. The van der Waals surface area contributed by atoms with E-state index >= 15 is 0 Å².